The van der Waals surface area contributed by atoms with Crippen molar-refractivity contribution in [3.05, 3.63) is 92.5 Å². The van der Waals surface area contributed by atoms with Gasteiger partial charge in [-0.3, -0.25) is 23.9 Å². The highest BCUT2D eigenvalue weighted by atomic mass is 19.4. The Labute approximate surface area is 214 Å². The first-order chi connectivity index (χ1) is 18.0. The van der Waals surface area contributed by atoms with Gasteiger partial charge in [-0.05, 0) is 43.5 Å². The lowest BCUT2D eigenvalue weighted by molar-refractivity contribution is -0.192. The molecule has 1 fully saturated rings. The second-order valence-corrected chi connectivity index (χ2v) is 9.06. The first-order valence-electron chi connectivity index (χ1n) is 11.8. The highest BCUT2D eigenvalue weighted by Gasteiger charge is 2.45. The van der Waals surface area contributed by atoms with Crippen molar-refractivity contribution in [2.45, 2.75) is 43.9 Å². The van der Waals surface area contributed by atoms with Gasteiger partial charge in [0.2, 0.25) is 0 Å². The molecule has 1 spiro atoms. The molecule has 5 rings (SSSR count). The Bertz CT molecular complexity index is 1430. The van der Waals surface area contributed by atoms with Gasteiger partial charge in [0.1, 0.15) is 5.82 Å². The quantitative estimate of drug-likeness (QED) is 0.513. The average molecular weight is 531 g/mol. The highest BCUT2D eigenvalue weighted by molar-refractivity contribution is 5.94. The summed E-state index contributed by atoms with van der Waals surface area (Å²) in [5, 5.41) is 11.8. The van der Waals surface area contributed by atoms with E-state index in [4.69, 9.17) is 9.90 Å². The number of aliphatic carboxylic acids is 1. The molecule has 10 nitrogen and oxygen atoms in total. The molecular formula is C25H24F3N5O5. The molecule has 0 aliphatic carbocycles. The zero-order chi connectivity index (χ0) is 27.5. The van der Waals surface area contributed by atoms with Crippen LogP contribution in [-0.4, -0.2) is 60.5 Å². The summed E-state index contributed by atoms with van der Waals surface area (Å²) in [6.07, 6.45) is -1.23. The molecule has 0 saturated carbocycles. The minimum atomic E-state index is -5.08. The van der Waals surface area contributed by atoms with Crippen molar-refractivity contribution in [3.63, 3.8) is 0 Å². The van der Waals surface area contributed by atoms with Crippen LogP contribution in [0.2, 0.25) is 0 Å². The maximum atomic E-state index is 12.8. The number of halogens is 3. The van der Waals surface area contributed by atoms with Gasteiger partial charge in [0, 0.05) is 36.8 Å². The summed E-state index contributed by atoms with van der Waals surface area (Å²) < 4.78 is 34.5. The van der Waals surface area contributed by atoms with Gasteiger partial charge in [0.05, 0.1) is 12.2 Å². The molecule has 1 saturated heterocycles. The average Bonchev–Trinajstić information content (AvgIpc) is 3.25. The van der Waals surface area contributed by atoms with Gasteiger partial charge >= 0.3 is 23.3 Å². The molecule has 0 radical (unpaired) electrons. The van der Waals surface area contributed by atoms with Crippen molar-refractivity contribution in [1.82, 2.24) is 24.2 Å². The zero-order valence-electron chi connectivity index (χ0n) is 20.1. The second-order valence-electron chi connectivity index (χ2n) is 9.06. The lowest BCUT2D eigenvalue weighted by atomic mass is 9.76. The number of carboxylic acids is 1. The molecule has 38 heavy (non-hydrogen) atoms. The molecule has 0 atom stereocenters. The van der Waals surface area contributed by atoms with Crippen LogP contribution >= 0.6 is 0 Å². The third-order valence-corrected chi connectivity index (χ3v) is 6.73. The topological polar surface area (TPSA) is 127 Å². The number of aromatic nitrogens is 4. The Kier molecular flexibility index (Phi) is 7.46. The van der Waals surface area contributed by atoms with Crippen molar-refractivity contribution in [3.8, 4) is 0 Å². The van der Waals surface area contributed by atoms with E-state index in [-0.39, 0.29) is 17.9 Å². The summed E-state index contributed by atoms with van der Waals surface area (Å²) in [4.78, 5) is 53.2. The molecule has 2 aliphatic rings. The normalized spacial score (nSPS) is 15.9. The number of piperidine rings is 1. The monoisotopic (exact) mass is 531 g/mol. The SMILES string of the molecule is O=C(O)C(F)(F)F.O=C(c1ccccc1)N1CCC2(CC1)CCn1c2nn(Cc2ccccn2)c(=O)c1=O. The molecule has 4 heterocycles. The number of alkyl halides is 3. The predicted molar refractivity (Wildman–Crippen MR) is 128 cm³/mol. The Morgan fingerprint density at radius 2 is 1.53 bits per heavy atom. The smallest absolute Gasteiger partial charge is 0.475 e. The maximum Gasteiger partial charge on any atom is 0.490 e. The number of rotatable bonds is 3. The van der Waals surface area contributed by atoms with Crippen molar-refractivity contribution >= 4 is 11.9 Å². The van der Waals surface area contributed by atoms with E-state index < -0.39 is 23.3 Å². The number of carbonyl (C=O) groups excluding carboxylic acids is 1. The van der Waals surface area contributed by atoms with Crippen molar-refractivity contribution in [2.24, 2.45) is 0 Å². The molecule has 200 valence electrons. The standard InChI is InChI=1S/C23H23N5O3.C2HF3O2/c29-19(17-6-2-1-3-7-17)26-13-9-23(10-14-26)11-15-27-20(30)21(31)28(25-22(23)27)16-18-8-4-5-12-24-18;3-2(4,5)1(6)7/h1-8,12H,9-11,13-16H2;(H,6,7). The molecule has 0 unspecified atom stereocenters. The molecule has 13 heteroatoms. The van der Waals surface area contributed by atoms with E-state index >= 15 is 0 Å². The van der Waals surface area contributed by atoms with Gasteiger partial charge in [-0.1, -0.05) is 24.3 Å². The van der Waals surface area contributed by atoms with Gasteiger partial charge in [-0.25, -0.2) is 9.48 Å². The largest absolute Gasteiger partial charge is 0.490 e. The van der Waals surface area contributed by atoms with Crippen LogP contribution in [0.1, 0.15) is 41.1 Å². The van der Waals surface area contributed by atoms with Crippen molar-refractivity contribution < 1.29 is 27.9 Å². The third-order valence-electron chi connectivity index (χ3n) is 6.73. The fourth-order valence-electron chi connectivity index (χ4n) is 4.70. The van der Waals surface area contributed by atoms with E-state index in [1.165, 1.54) is 9.25 Å². The minimum absolute atomic E-state index is 0.0268. The van der Waals surface area contributed by atoms with Crippen LogP contribution in [0.3, 0.4) is 0 Å². The highest BCUT2D eigenvalue weighted by Crippen LogP contribution is 2.41. The van der Waals surface area contributed by atoms with E-state index in [2.05, 4.69) is 10.1 Å². The van der Waals surface area contributed by atoms with Crippen LogP contribution in [0.5, 0.6) is 0 Å². The predicted octanol–water partition coefficient (Wildman–Crippen LogP) is 2.06. The number of fused-ring (bicyclic) bond motifs is 2. The number of amides is 1. The zero-order valence-corrected chi connectivity index (χ0v) is 20.1. The first kappa shape index (κ1) is 26.8. The molecular weight excluding hydrogens is 507 g/mol. The van der Waals surface area contributed by atoms with E-state index in [0.29, 0.717) is 36.7 Å². The molecule has 1 aromatic carbocycles. The van der Waals surface area contributed by atoms with Crippen LogP contribution in [0.25, 0.3) is 0 Å². The lowest BCUT2D eigenvalue weighted by Crippen LogP contribution is -2.48. The molecule has 1 N–H and O–H groups in total. The number of hydrogen-bond donors (Lipinski definition) is 1. The Morgan fingerprint density at radius 1 is 0.921 bits per heavy atom. The fourth-order valence-corrected chi connectivity index (χ4v) is 4.70. The Morgan fingerprint density at radius 3 is 2.11 bits per heavy atom. The molecule has 2 aromatic heterocycles. The van der Waals surface area contributed by atoms with Gasteiger partial charge in [-0.2, -0.15) is 18.3 Å². The molecule has 0 bridgehead atoms. The lowest BCUT2D eigenvalue weighted by Gasteiger charge is -2.38. The summed E-state index contributed by atoms with van der Waals surface area (Å²) >= 11 is 0. The number of carbonyl (C=O) groups is 2. The first-order valence-corrected chi connectivity index (χ1v) is 11.8. The van der Waals surface area contributed by atoms with Gasteiger partial charge in [0.15, 0.2) is 0 Å². The maximum absolute atomic E-state index is 12.8. The molecule has 2 aliphatic heterocycles. The Balaban J connectivity index is 0.000000426. The summed E-state index contributed by atoms with van der Waals surface area (Å²) in [5.41, 5.74) is -0.0732. The number of hydrogen-bond acceptors (Lipinski definition) is 6. The summed E-state index contributed by atoms with van der Waals surface area (Å²) in [6.45, 7) is 1.86. The molecule has 3 aromatic rings. The van der Waals surface area contributed by atoms with Crippen LogP contribution in [-0.2, 0) is 23.3 Å². The van der Waals surface area contributed by atoms with E-state index in [1.807, 2.05) is 47.4 Å². The number of likely N-dealkylation sites (tertiary alicyclic amines) is 1. The van der Waals surface area contributed by atoms with Gasteiger partial charge in [-0.15, -0.1) is 0 Å². The number of nitrogens with zero attached hydrogens (tertiary/aromatic N) is 5. The van der Waals surface area contributed by atoms with Crippen LogP contribution in [0.15, 0.2) is 64.3 Å². The van der Waals surface area contributed by atoms with Crippen molar-refractivity contribution in [2.75, 3.05) is 13.1 Å². The third kappa shape index (κ3) is 5.50. The van der Waals surface area contributed by atoms with E-state index in [1.54, 1.807) is 12.3 Å². The minimum Gasteiger partial charge on any atom is -0.475 e. The fraction of sp³-hybridized carbons (Fsp3) is 0.360. The Hall–Kier alpha value is -4.29. The van der Waals surface area contributed by atoms with Gasteiger partial charge < -0.3 is 10.0 Å². The van der Waals surface area contributed by atoms with E-state index in [0.717, 1.165) is 19.3 Å². The van der Waals surface area contributed by atoms with Gasteiger partial charge in [0.25, 0.3) is 5.91 Å². The number of carboxylic acid groups (broad SMARTS) is 1. The van der Waals surface area contributed by atoms with Crippen LogP contribution in [0.4, 0.5) is 13.2 Å². The van der Waals surface area contributed by atoms with Crippen LogP contribution < -0.4 is 11.1 Å². The number of pyridine rings is 1. The second kappa shape index (κ2) is 10.6. The molecule has 1 amide bonds. The van der Waals surface area contributed by atoms with E-state index in [9.17, 15) is 27.6 Å². The summed E-state index contributed by atoms with van der Waals surface area (Å²) in [5.74, 6) is -2.06. The number of benzene rings is 1. The van der Waals surface area contributed by atoms with Crippen LogP contribution in [0, 0.1) is 0 Å². The summed E-state index contributed by atoms with van der Waals surface area (Å²) in [6, 6.07) is 14.7. The summed E-state index contributed by atoms with van der Waals surface area (Å²) in [7, 11) is 0. The van der Waals surface area contributed by atoms with Crippen molar-refractivity contribution in [1.29, 1.82) is 0 Å².